The second kappa shape index (κ2) is 15.5. The third kappa shape index (κ3) is 6.18. The van der Waals surface area contributed by atoms with Gasteiger partial charge in [-0.3, -0.25) is 0 Å². The van der Waals surface area contributed by atoms with Crippen molar-refractivity contribution in [3.8, 4) is 44.5 Å². The third-order valence-corrected chi connectivity index (χ3v) is 13.5. The predicted octanol–water partition coefficient (Wildman–Crippen LogP) is 18.3. The molecule has 0 fully saturated rings. The molecule has 0 bridgehead atoms. The lowest BCUT2D eigenvalue weighted by molar-refractivity contribution is 0.670. The minimum absolute atomic E-state index is 0.860. The average molecular weight is 840 g/mol. The maximum absolute atomic E-state index is 6.95. The van der Waals surface area contributed by atoms with Gasteiger partial charge in [0, 0.05) is 22.3 Å². The first-order chi connectivity index (χ1) is 32.7. The van der Waals surface area contributed by atoms with Crippen LogP contribution in [0.15, 0.2) is 253 Å². The average Bonchev–Trinajstić information content (AvgIpc) is 3.79. The highest BCUT2D eigenvalue weighted by Gasteiger charge is 2.24. The molecule has 2 heteroatoms. The summed E-state index contributed by atoms with van der Waals surface area (Å²) in [5.41, 5.74) is 14.2. The molecule has 2 nitrogen and oxygen atoms in total. The van der Waals surface area contributed by atoms with Gasteiger partial charge in [-0.05, 0) is 131 Å². The van der Waals surface area contributed by atoms with E-state index in [0.717, 1.165) is 61.3 Å². The van der Waals surface area contributed by atoms with E-state index in [4.69, 9.17) is 4.42 Å². The van der Waals surface area contributed by atoms with Gasteiger partial charge >= 0.3 is 0 Å². The maximum Gasteiger partial charge on any atom is 0.145 e. The quantitative estimate of drug-likeness (QED) is 0.149. The van der Waals surface area contributed by atoms with Gasteiger partial charge in [0.1, 0.15) is 11.2 Å². The zero-order valence-electron chi connectivity index (χ0n) is 36.0. The highest BCUT2D eigenvalue weighted by atomic mass is 16.3. The van der Waals surface area contributed by atoms with Crippen molar-refractivity contribution in [2.45, 2.75) is 0 Å². The van der Waals surface area contributed by atoms with Crippen LogP contribution in [0.2, 0.25) is 0 Å². The Labute approximate surface area is 382 Å². The van der Waals surface area contributed by atoms with E-state index >= 15 is 0 Å². The van der Waals surface area contributed by atoms with Gasteiger partial charge in [0.25, 0.3) is 0 Å². The van der Waals surface area contributed by atoms with E-state index in [0.29, 0.717) is 0 Å². The summed E-state index contributed by atoms with van der Waals surface area (Å²) in [5.74, 6) is 0. The van der Waals surface area contributed by atoms with E-state index in [1.54, 1.807) is 0 Å². The highest BCUT2D eigenvalue weighted by molar-refractivity contribution is 6.26. The lowest BCUT2D eigenvalue weighted by Gasteiger charge is -2.27. The molecule has 0 amide bonds. The fourth-order valence-electron chi connectivity index (χ4n) is 10.4. The van der Waals surface area contributed by atoms with Crippen molar-refractivity contribution in [1.29, 1.82) is 0 Å². The molecule has 1 heterocycles. The molecule has 0 aliphatic rings. The molecule has 1 aromatic heterocycles. The second-order valence-corrected chi connectivity index (χ2v) is 17.2. The van der Waals surface area contributed by atoms with Crippen LogP contribution in [0.25, 0.3) is 110 Å². The van der Waals surface area contributed by atoms with E-state index in [-0.39, 0.29) is 0 Å². The number of anilines is 3. The first kappa shape index (κ1) is 37.8. The Balaban J connectivity index is 1.01. The molecule has 0 aliphatic heterocycles. The molecular weight excluding hydrogens is 799 g/mol. The van der Waals surface area contributed by atoms with Crippen molar-refractivity contribution in [2.75, 3.05) is 4.90 Å². The lowest BCUT2D eigenvalue weighted by atomic mass is 9.92. The molecule has 0 unspecified atom stereocenters. The molecule has 0 aliphatic carbocycles. The molecule has 13 rings (SSSR count). The molecular formula is C64H41NO. The zero-order chi connectivity index (χ0) is 43.6. The molecule has 12 aromatic carbocycles. The summed E-state index contributed by atoms with van der Waals surface area (Å²) < 4.78 is 6.95. The molecule has 0 saturated heterocycles. The molecule has 13 aromatic rings. The van der Waals surface area contributed by atoms with E-state index in [1.807, 2.05) is 0 Å². The monoisotopic (exact) mass is 839 g/mol. The summed E-state index contributed by atoms with van der Waals surface area (Å²) in [6.07, 6.45) is 0. The minimum atomic E-state index is 0.860. The van der Waals surface area contributed by atoms with Gasteiger partial charge in [0.2, 0.25) is 0 Å². The van der Waals surface area contributed by atoms with Crippen LogP contribution < -0.4 is 4.90 Å². The summed E-state index contributed by atoms with van der Waals surface area (Å²) >= 11 is 0. The Kier molecular flexibility index (Phi) is 8.89. The molecule has 0 radical (unpaired) electrons. The van der Waals surface area contributed by atoms with Crippen LogP contribution in [0.4, 0.5) is 17.1 Å². The fraction of sp³-hybridized carbons (Fsp3) is 0. The fourth-order valence-corrected chi connectivity index (χ4v) is 10.4. The van der Waals surface area contributed by atoms with Crippen molar-refractivity contribution in [3.63, 3.8) is 0 Å². The standard InChI is InChI=1S/C64H41NO/c1-2-16-43(17-3-1)49-22-6-7-24-51(49)46-20-14-21-48(40-46)65(61-39-38-58(52-30-15-19-44-18-4-5-23-50(44)52)64-63(61)59-29-12-13-31-62(59)66-64)47-35-32-42(33-36-47)45-34-37-57-55-27-9-8-25-53(55)54-26-10-11-28-56(54)60(57)41-45/h1-41H. The van der Waals surface area contributed by atoms with Crippen molar-refractivity contribution >= 4 is 82.1 Å². The number of hydrogen-bond donors (Lipinski definition) is 0. The van der Waals surface area contributed by atoms with Gasteiger partial charge in [-0.25, -0.2) is 0 Å². The Morgan fingerprint density at radius 3 is 1.58 bits per heavy atom. The van der Waals surface area contributed by atoms with Crippen LogP contribution in [0.1, 0.15) is 0 Å². The topological polar surface area (TPSA) is 16.4 Å². The normalized spacial score (nSPS) is 11.6. The Hall–Kier alpha value is -8.72. The van der Waals surface area contributed by atoms with Gasteiger partial charge in [0.15, 0.2) is 0 Å². The van der Waals surface area contributed by atoms with Crippen LogP contribution in [-0.4, -0.2) is 0 Å². The van der Waals surface area contributed by atoms with Crippen LogP contribution in [0.3, 0.4) is 0 Å². The molecule has 308 valence electrons. The Morgan fingerprint density at radius 2 is 0.818 bits per heavy atom. The largest absolute Gasteiger partial charge is 0.455 e. The molecule has 0 atom stereocenters. The van der Waals surface area contributed by atoms with Crippen molar-refractivity contribution in [3.05, 3.63) is 249 Å². The van der Waals surface area contributed by atoms with Gasteiger partial charge in [-0.1, -0.05) is 200 Å². The SMILES string of the molecule is c1ccc(-c2ccccc2-c2cccc(N(c3ccc(-c4ccc5c6ccccc6c6ccccc6c5c4)cc3)c3ccc(-c4cccc5ccccc45)c4oc5ccccc5c34)c2)cc1. The molecule has 0 saturated carbocycles. The third-order valence-electron chi connectivity index (χ3n) is 13.5. The summed E-state index contributed by atoms with van der Waals surface area (Å²) in [7, 11) is 0. The number of hydrogen-bond acceptors (Lipinski definition) is 2. The summed E-state index contributed by atoms with van der Waals surface area (Å²) in [6, 6.07) is 90.1. The Morgan fingerprint density at radius 1 is 0.273 bits per heavy atom. The van der Waals surface area contributed by atoms with E-state index in [2.05, 4.69) is 254 Å². The number of benzene rings is 12. The number of para-hydroxylation sites is 1. The van der Waals surface area contributed by atoms with Crippen molar-refractivity contribution < 1.29 is 4.42 Å². The summed E-state index contributed by atoms with van der Waals surface area (Å²) in [4.78, 5) is 2.41. The Bertz CT molecular complexity index is 3950. The minimum Gasteiger partial charge on any atom is -0.455 e. The summed E-state index contributed by atoms with van der Waals surface area (Å²) in [6.45, 7) is 0. The number of nitrogens with zero attached hydrogens (tertiary/aromatic N) is 1. The van der Waals surface area contributed by atoms with Crippen LogP contribution in [0.5, 0.6) is 0 Å². The predicted molar refractivity (Wildman–Crippen MR) is 280 cm³/mol. The first-order valence-corrected chi connectivity index (χ1v) is 22.7. The van der Waals surface area contributed by atoms with Crippen LogP contribution >= 0.6 is 0 Å². The lowest BCUT2D eigenvalue weighted by Crippen LogP contribution is -2.10. The smallest absolute Gasteiger partial charge is 0.145 e. The van der Waals surface area contributed by atoms with Crippen LogP contribution in [0, 0.1) is 0 Å². The van der Waals surface area contributed by atoms with E-state index in [9.17, 15) is 0 Å². The van der Waals surface area contributed by atoms with Crippen LogP contribution in [-0.2, 0) is 0 Å². The van der Waals surface area contributed by atoms with Crippen molar-refractivity contribution in [1.82, 2.24) is 0 Å². The van der Waals surface area contributed by atoms with Gasteiger partial charge < -0.3 is 9.32 Å². The molecule has 0 N–H and O–H groups in total. The van der Waals surface area contributed by atoms with Crippen molar-refractivity contribution in [2.24, 2.45) is 0 Å². The summed E-state index contributed by atoms with van der Waals surface area (Å²) in [5, 5.41) is 12.2. The number of furan rings is 1. The number of rotatable bonds is 7. The van der Waals surface area contributed by atoms with E-state index < -0.39 is 0 Å². The molecule has 66 heavy (non-hydrogen) atoms. The zero-order valence-corrected chi connectivity index (χ0v) is 36.0. The van der Waals surface area contributed by atoms with Gasteiger partial charge in [0.05, 0.1) is 11.1 Å². The molecule has 0 spiro atoms. The number of fused-ring (bicyclic) bond motifs is 10. The van der Waals surface area contributed by atoms with E-state index in [1.165, 1.54) is 65.3 Å². The van der Waals surface area contributed by atoms with Gasteiger partial charge in [-0.15, -0.1) is 0 Å². The second-order valence-electron chi connectivity index (χ2n) is 17.2. The van der Waals surface area contributed by atoms with Gasteiger partial charge in [-0.2, -0.15) is 0 Å². The maximum atomic E-state index is 6.95. The highest BCUT2D eigenvalue weighted by Crippen LogP contribution is 2.48. The first-order valence-electron chi connectivity index (χ1n) is 22.7.